The lowest BCUT2D eigenvalue weighted by atomic mass is 9.48. The van der Waals surface area contributed by atoms with Gasteiger partial charge in [-0.2, -0.15) is 4.31 Å². The van der Waals surface area contributed by atoms with Crippen LogP contribution in [-0.2, 0) is 30.8 Å². The number of sulfonamides is 1. The van der Waals surface area contributed by atoms with Gasteiger partial charge >= 0.3 is 5.97 Å². The van der Waals surface area contributed by atoms with E-state index in [4.69, 9.17) is 4.74 Å². The van der Waals surface area contributed by atoms with E-state index in [1.165, 1.54) is 35.7 Å². The predicted octanol–water partition coefficient (Wildman–Crippen LogP) is 4.83. The van der Waals surface area contributed by atoms with E-state index in [2.05, 4.69) is 0 Å². The second-order valence-electron chi connectivity index (χ2n) is 11.5. The molecule has 196 valence electrons. The average molecular weight is 526 g/mol. The Kier molecular flexibility index (Phi) is 6.23. The van der Waals surface area contributed by atoms with Gasteiger partial charge in [0.15, 0.2) is 12.4 Å². The third-order valence-corrected chi connectivity index (χ3v) is 11.1. The van der Waals surface area contributed by atoms with E-state index in [1.54, 1.807) is 0 Å². The fourth-order valence-electron chi connectivity index (χ4n) is 7.84. The van der Waals surface area contributed by atoms with Crippen molar-refractivity contribution in [1.29, 1.82) is 0 Å². The highest BCUT2D eigenvalue weighted by molar-refractivity contribution is 7.89. The maximum absolute atomic E-state index is 13.5. The summed E-state index contributed by atoms with van der Waals surface area (Å²) in [6.45, 7) is -0.0506. The van der Waals surface area contributed by atoms with E-state index in [0.717, 1.165) is 42.5 Å². The molecule has 5 aliphatic rings. The van der Waals surface area contributed by atoms with E-state index in [0.29, 0.717) is 24.2 Å². The summed E-state index contributed by atoms with van der Waals surface area (Å²) in [5, 5.41) is 0. The number of rotatable bonds is 7. The van der Waals surface area contributed by atoms with Crippen LogP contribution in [0.5, 0.6) is 0 Å². The molecule has 0 radical (unpaired) electrons. The van der Waals surface area contributed by atoms with E-state index in [1.807, 2.05) is 24.3 Å². The standard InChI is InChI=1S/C29H32FNO5S/c30-23-5-7-24(8-6-23)37(34,35)31-10-9-22-3-1-2-4-25(22)26(31)14-28(33)36-18-27(32)29-15-19-11-20(16-29)13-21(12-19)17-29/h1-8,19-21,26H,9-18H2. The number of halogens is 1. The molecule has 4 aliphatic carbocycles. The zero-order valence-electron chi connectivity index (χ0n) is 20.8. The Hall–Kier alpha value is -2.58. The van der Waals surface area contributed by atoms with Gasteiger partial charge in [0, 0.05) is 12.0 Å². The van der Waals surface area contributed by atoms with Crippen molar-refractivity contribution in [2.45, 2.75) is 62.3 Å². The van der Waals surface area contributed by atoms with Gasteiger partial charge in [0.25, 0.3) is 0 Å². The first-order chi connectivity index (χ1) is 17.7. The van der Waals surface area contributed by atoms with E-state index >= 15 is 0 Å². The number of nitrogens with zero attached hydrogens (tertiary/aromatic N) is 1. The van der Waals surface area contributed by atoms with Crippen molar-refractivity contribution in [3.05, 3.63) is 65.5 Å². The van der Waals surface area contributed by atoms with Crippen molar-refractivity contribution in [3.63, 3.8) is 0 Å². The first-order valence-corrected chi connectivity index (χ1v) is 14.7. The zero-order valence-corrected chi connectivity index (χ0v) is 21.6. The maximum Gasteiger partial charge on any atom is 0.308 e. The van der Waals surface area contributed by atoms with Crippen molar-refractivity contribution in [3.8, 4) is 0 Å². The minimum atomic E-state index is -3.99. The molecule has 4 bridgehead atoms. The molecule has 0 N–H and O–H groups in total. The summed E-state index contributed by atoms with van der Waals surface area (Å²) in [4.78, 5) is 26.3. The molecule has 7 rings (SSSR count). The van der Waals surface area contributed by atoms with Crippen molar-refractivity contribution >= 4 is 21.8 Å². The lowest BCUT2D eigenvalue weighted by Crippen LogP contribution is -2.51. The van der Waals surface area contributed by atoms with E-state index in [-0.39, 0.29) is 35.7 Å². The molecular formula is C29H32FNO5S. The molecule has 0 spiro atoms. The molecule has 0 saturated heterocycles. The van der Waals surface area contributed by atoms with E-state index in [9.17, 15) is 22.4 Å². The Balaban J connectivity index is 1.19. The normalized spacial score (nSPS) is 30.6. The highest BCUT2D eigenvalue weighted by Gasteiger charge is 2.54. The molecule has 1 atom stereocenters. The van der Waals surface area contributed by atoms with Gasteiger partial charge in [-0.1, -0.05) is 24.3 Å². The Bertz CT molecular complexity index is 1290. The van der Waals surface area contributed by atoms with Crippen molar-refractivity contribution in [2.24, 2.45) is 23.2 Å². The van der Waals surface area contributed by atoms with Crippen LogP contribution in [0.4, 0.5) is 4.39 Å². The van der Waals surface area contributed by atoms with Gasteiger partial charge in [-0.05, 0) is 98.1 Å². The molecule has 0 amide bonds. The van der Waals surface area contributed by atoms with Gasteiger partial charge in [-0.25, -0.2) is 12.8 Å². The summed E-state index contributed by atoms with van der Waals surface area (Å²) in [5.74, 6) is 0.783. The highest BCUT2D eigenvalue weighted by atomic mass is 32.2. The van der Waals surface area contributed by atoms with Gasteiger partial charge in [0.2, 0.25) is 10.0 Å². The Morgan fingerprint density at radius 3 is 2.22 bits per heavy atom. The number of benzene rings is 2. The minimum Gasteiger partial charge on any atom is -0.458 e. The lowest BCUT2D eigenvalue weighted by Gasteiger charge is -2.55. The number of hydrogen-bond donors (Lipinski definition) is 0. The van der Waals surface area contributed by atoms with Crippen LogP contribution in [0.2, 0.25) is 0 Å². The first kappa shape index (κ1) is 24.7. The molecule has 1 heterocycles. The monoisotopic (exact) mass is 525 g/mol. The summed E-state index contributed by atoms with van der Waals surface area (Å²) in [6.07, 6.45) is 6.74. The fraction of sp³-hybridized carbons (Fsp3) is 0.517. The number of carbonyl (C=O) groups excluding carboxylic acids is 2. The SMILES string of the molecule is O=C(CC1c2ccccc2CCN1S(=O)(=O)c1ccc(F)cc1)OCC(=O)C12CC3CC(CC(C3)C1)C2. The first-order valence-electron chi connectivity index (χ1n) is 13.3. The van der Waals surface area contributed by atoms with Crippen LogP contribution in [0.1, 0.15) is 62.1 Å². The van der Waals surface area contributed by atoms with Gasteiger partial charge in [0.1, 0.15) is 5.82 Å². The molecule has 37 heavy (non-hydrogen) atoms. The van der Waals surface area contributed by atoms with E-state index < -0.39 is 27.9 Å². The third-order valence-electron chi connectivity index (χ3n) is 9.14. The Morgan fingerprint density at radius 1 is 0.946 bits per heavy atom. The lowest BCUT2D eigenvalue weighted by molar-refractivity contribution is -0.158. The van der Waals surface area contributed by atoms with Gasteiger partial charge in [-0.15, -0.1) is 0 Å². The molecule has 8 heteroatoms. The fourth-order valence-corrected chi connectivity index (χ4v) is 9.44. The predicted molar refractivity (Wildman–Crippen MR) is 134 cm³/mol. The molecule has 4 fully saturated rings. The van der Waals surface area contributed by atoms with Crippen LogP contribution < -0.4 is 0 Å². The number of carbonyl (C=O) groups is 2. The molecule has 1 aliphatic heterocycles. The number of ketones is 1. The second kappa shape index (κ2) is 9.31. The van der Waals surface area contributed by atoms with Crippen molar-refractivity contribution in [1.82, 2.24) is 4.31 Å². The summed E-state index contributed by atoms with van der Waals surface area (Å²) in [6, 6.07) is 11.4. The number of fused-ring (bicyclic) bond motifs is 1. The Morgan fingerprint density at radius 2 is 1.57 bits per heavy atom. The number of esters is 1. The van der Waals surface area contributed by atoms with Crippen LogP contribution in [0.15, 0.2) is 53.4 Å². The minimum absolute atomic E-state index is 0.0244. The summed E-state index contributed by atoms with van der Waals surface area (Å²) < 4.78 is 47.3. The van der Waals surface area contributed by atoms with Crippen LogP contribution in [0.25, 0.3) is 0 Å². The van der Waals surface area contributed by atoms with Gasteiger partial charge in [0.05, 0.1) is 17.4 Å². The Labute approximate surface area is 217 Å². The molecule has 1 unspecified atom stereocenters. The molecule has 2 aromatic carbocycles. The second-order valence-corrected chi connectivity index (χ2v) is 13.4. The third kappa shape index (κ3) is 4.52. The molecule has 0 aromatic heterocycles. The summed E-state index contributed by atoms with van der Waals surface area (Å²) in [7, 11) is -3.99. The largest absolute Gasteiger partial charge is 0.458 e. The van der Waals surface area contributed by atoms with Crippen LogP contribution in [-0.4, -0.2) is 37.6 Å². The molecule has 2 aromatic rings. The van der Waals surface area contributed by atoms with Crippen molar-refractivity contribution < 1.29 is 27.1 Å². The van der Waals surface area contributed by atoms with Crippen LogP contribution in [0.3, 0.4) is 0 Å². The topological polar surface area (TPSA) is 80.8 Å². The number of ether oxygens (including phenoxy) is 1. The zero-order chi connectivity index (χ0) is 25.8. The van der Waals surface area contributed by atoms with Gasteiger partial charge in [-0.3, -0.25) is 9.59 Å². The van der Waals surface area contributed by atoms with Gasteiger partial charge < -0.3 is 4.74 Å². The quantitative estimate of drug-likeness (QED) is 0.484. The van der Waals surface area contributed by atoms with Crippen LogP contribution in [0, 0.1) is 29.0 Å². The summed E-state index contributed by atoms with van der Waals surface area (Å²) in [5.41, 5.74) is 1.39. The van der Waals surface area contributed by atoms with Crippen LogP contribution >= 0.6 is 0 Å². The molecular weight excluding hydrogens is 493 g/mol. The van der Waals surface area contributed by atoms with Crippen molar-refractivity contribution in [2.75, 3.05) is 13.2 Å². The smallest absolute Gasteiger partial charge is 0.308 e. The summed E-state index contributed by atoms with van der Waals surface area (Å²) >= 11 is 0. The highest BCUT2D eigenvalue weighted by Crippen LogP contribution is 2.60. The average Bonchev–Trinajstić information content (AvgIpc) is 2.87. The number of Topliss-reactive ketones (excluding diaryl/α,β-unsaturated/α-hetero) is 1. The maximum atomic E-state index is 13.5. The number of hydrogen-bond acceptors (Lipinski definition) is 5. The molecule has 4 saturated carbocycles. The molecule has 6 nitrogen and oxygen atoms in total.